The number of hydrogen-bond donors (Lipinski definition) is 0. The molecular weight excluding hydrogens is 412 g/mol. The molecule has 1 aromatic heterocycles. The third-order valence-corrected chi connectivity index (χ3v) is 7.32. The molecule has 1 unspecified atom stereocenters. The number of β-lactam (4-membered cyclic amide) rings is 1. The van der Waals surface area contributed by atoms with Gasteiger partial charge in [-0.1, -0.05) is 38.1 Å². The van der Waals surface area contributed by atoms with E-state index in [1.54, 1.807) is 6.20 Å². The molecule has 2 saturated heterocycles. The van der Waals surface area contributed by atoms with Crippen molar-refractivity contribution in [3.8, 4) is 0 Å². The minimum atomic E-state index is -0.489. The van der Waals surface area contributed by atoms with E-state index in [1.165, 1.54) is 0 Å². The Labute approximate surface area is 197 Å². The summed E-state index contributed by atoms with van der Waals surface area (Å²) in [4.78, 5) is 37.7. The van der Waals surface area contributed by atoms with Crippen LogP contribution in [0.5, 0.6) is 0 Å². The Bertz CT molecular complexity index is 935. The number of anilines is 1. The van der Waals surface area contributed by atoms with Crippen LogP contribution in [0.1, 0.15) is 58.2 Å². The number of pyridine rings is 1. The van der Waals surface area contributed by atoms with Crippen LogP contribution in [-0.2, 0) is 9.59 Å². The molecule has 176 valence electrons. The van der Waals surface area contributed by atoms with Crippen molar-refractivity contribution in [2.75, 3.05) is 31.1 Å². The highest BCUT2D eigenvalue weighted by Gasteiger charge is 2.62. The molecule has 0 N–H and O–H groups in total. The molecule has 1 spiro atoms. The number of carbonyl (C=O) groups excluding carboxylic acids is 2. The third-order valence-electron chi connectivity index (χ3n) is 7.32. The maximum Gasteiger partial charge on any atom is 0.239 e. The summed E-state index contributed by atoms with van der Waals surface area (Å²) in [5, 5.41) is 0. The molecule has 2 aliphatic heterocycles. The number of para-hydroxylation sites is 1. The van der Waals surface area contributed by atoms with Crippen LogP contribution in [0, 0.1) is 5.41 Å². The van der Waals surface area contributed by atoms with E-state index in [4.69, 9.17) is 0 Å². The third kappa shape index (κ3) is 4.29. The summed E-state index contributed by atoms with van der Waals surface area (Å²) in [7, 11) is 0. The Kier molecular flexibility index (Phi) is 7.13. The van der Waals surface area contributed by atoms with Crippen molar-refractivity contribution >= 4 is 17.5 Å². The van der Waals surface area contributed by atoms with Gasteiger partial charge in [-0.15, -0.1) is 0 Å². The smallest absolute Gasteiger partial charge is 0.239 e. The first kappa shape index (κ1) is 23.4. The van der Waals surface area contributed by atoms with Crippen molar-refractivity contribution in [3.05, 3.63) is 60.4 Å². The molecule has 33 heavy (non-hydrogen) atoms. The average Bonchev–Trinajstić information content (AvgIpc) is 2.87. The highest BCUT2D eigenvalue weighted by atomic mass is 16.2. The molecule has 0 aliphatic carbocycles. The second-order valence-corrected chi connectivity index (χ2v) is 9.36. The van der Waals surface area contributed by atoms with Gasteiger partial charge < -0.3 is 9.80 Å². The molecule has 2 aliphatic rings. The Hall–Kier alpha value is -2.73. The van der Waals surface area contributed by atoms with Crippen LogP contribution in [0.15, 0.2) is 54.7 Å². The summed E-state index contributed by atoms with van der Waals surface area (Å²) in [6.07, 6.45) is 5.23. The number of rotatable bonds is 8. The van der Waals surface area contributed by atoms with Gasteiger partial charge in [-0.25, -0.2) is 0 Å². The average molecular weight is 449 g/mol. The van der Waals surface area contributed by atoms with Crippen molar-refractivity contribution < 1.29 is 9.59 Å². The normalized spacial score (nSPS) is 20.7. The van der Waals surface area contributed by atoms with Crippen LogP contribution in [0.2, 0.25) is 0 Å². The molecule has 0 saturated carbocycles. The van der Waals surface area contributed by atoms with Gasteiger partial charge >= 0.3 is 0 Å². The van der Waals surface area contributed by atoms with E-state index in [9.17, 15) is 9.59 Å². The lowest BCUT2D eigenvalue weighted by Crippen LogP contribution is -2.67. The van der Waals surface area contributed by atoms with Gasteiger partial charge in [-0.2, -0.15) is 0 Å². The fraction of sp³-hybridized carbons (Fsp3) is 0.519. The van der Waals surface area contributed by atoms with Gasteiger partial charge in [-0.05, 0) is 70.0 Å². The van der Waals surface area contributed by atoms with Gasteiger partial charge in [0.15, 0.2) is 0 Å². The van der Waals surface area contributed by atoms with E-state index in [-0.39, 0.29) is 23.9 Å². The second kappa shape index (κ2) is 10.0. The van der Waals surface area contributed by atoms with E-state index in [0.717, 1.165) is 37.3 Å². The minimum absolute atomic E-state index is 0.0973. The molecule has 3 heterocycles. The summed E-state index contributed by atoms with van der Waals surface area (Å²) < 4.78 is 0. The van der Waals surface area contributed by atoms with E-state index in [1.807, 2.05) is 65.3 Å². The Balaban J connectivity index is 1.52. The molecule has 0 bridgehead atoms. The Morgan fingerprint density at radius 3 is 2.27 bits per heavy atom. The van der Waals surface area contributed by atoms with Crippen molar-refractivity contribution in [2.24, 2.45) is 5.41 Å². The number of aromatic nitrogens is 1. The van der Waals surface area contributed by atoms with Gasteiger partial charge in [0.25, 0.3) is 0 Å². The number of nitrogens with zero attached hydrogens (tertiary/aromatic N) is 4. The Morgan fingerprint density at radius 1 is 1.06 bits per heavy atom. The van der Waals surface area contributed by atoms with Crippen LogP contribution in [0.25, 0.3) is 0 Å². The van der Waals surface area contributed by atoms with Crippen molar-refractivity contribution in [2.45, 2.75) is 58.5 Å². The molecule has 1 aromatic carbocycles. The standard InChI is InChI=1S/C27H36N4O2/c1-4-17-29(18-5-2)21(3)25(32)30-19-14-27(15-20-30)24(23-13-9-10-16-28-23)31(26(27)33)22-11-7-6-8-12-22/h6-13,16,21,24H,4-5,14-15,17-20H2,1-3H3/t21-,24?/m1/s1. The monoisotopic (exact) mass is 448 g/mol. The molecule has 2 aromatic rings. The van der Waals surface area contributed by atoms with E-state index >= 15 is 0 Å². The van der Waals surface area contributed by atoms with Gasteiger partial charge in [0, 0.05) is 25.0 Å². The van der Waals surface area contributed by atoms with Gasteiger partial charge in [0.1, 0.15) is 0 Å². The van der Waals surface area contributed by atoms with Crippen LogP contribution in [-0.4, -0.2) is 58.8 Å². The highest BCUT2D eigenvalue weighted by Crippen LogP contribution is 2.57. The number of amides is 2. The predicted molar refractivity (Wildman–Crippen MR) is 131 cm³/mol. The number of hydrogen-bond acceptors (Lipinski definition) is 4. The topological polar surface area (TPSA) is 56.8 Å². The maximum absolute atomic E-state index is 13.6. The summed E-state index contributed by atoms with van der Waals surface area (Å²) in [6.45, 7) is 9.45. The lowest BCUT2D eigenvalue weighted by molar-refractivity contribution is -0.151. The van der Waals surface area contributed by atoms with E-state index in [2.05, 4.69) is 23.7 Å². The van der Waals surface area contributed by atoms with Crippen LogP contribution in [0.3, 0.4) is 0 Å². The lowest BCUT2D eigenvalue weighted by atomic mass is 9.63. The summed E-state index contributed by atoms with van der Waals surface area (Å²) >= 11 is 0. The van der Waals surface area contributed by atoms with Crippen LogP contribution < -0.4 is 4.90 Å². The summed E-state index contributed by atoms with van der Waals surface area (Å²) in [6, 6.07) is 15.5. The molecule has 6 nitrogen and oxygen atoms in total. The molecule has 6 heteroatoms. The Morgan fingerprint density at radius 2 is 1.70 bits per heavy atom. The number of carbonyl (C=O) groups is 2. The quantitative estimate of drug-likeness (QED) is 0.566. The summed E-state index contributed by atoms with van der Waals surface area (Å²) in [5.41, 5.74) is 1.34. The van der Waals surface area contributed by atoms with Crippen molar-refractivity contribution in [3.63, 3.8) is 0 Å². The van der Waals surface area contributed by atoms with Gasteiger partial charge in [0.05, 0.1) is 23.2 Å². The van der Waals surface area contributed by atoms with Gasteiger partial charge in [-0.3, -0.25) is 19.5 Å². The number of likely N-dealkylation sites (tertiary alicyclic amines) is 1. The number of benzene rings is 1. The van der Waals surface area contributed by atoms with Crippen molar-refractivity contribution in [1.82, 2.24) is 14.8 Å². The predicted octanol–water partition coefficient (Wildman–Crippen LogP) is 4.29. The van der Waals surface area contributed by atoms with Gasteiger partial charge in [0.2, 0.25) is 11.8 Å². The first-order valence-corrected chi connectivity index (χ1v) is 12.4. The minimum Gasteiger partial charge on any atom is -0.341 e. The first-order chi connectivity index (χ1) is 16.0. The fourth-order valence-electron chi connectivity index (χ4n) is 5.57. The SMILES string of the molecule is CCCN(CCC)[C@H](C)C(=O)N1CCC2(CC1)C(=O)N(c1ccccc1)C2c1ccccn1. The zero-order valence-corrected chi connectivity index (χ0v) is 20.1. The molecule has 0 radical (unpaired) electrons. The zero-order valence-electron chi connectivity index (χ0n) is 20.1. The zero-order chi connectivity index (χ0) is 23.4. The highest BCUT2D eigenvalue weighted by molar-refractivity contribution is 6.06. The summed E-state index contributed by atoms with van der Waals surface area (Å²) in [5.74, 6) is 0.343. The van der Waals surface area contributed by atoms with E-state index in [0.29, 0.717) is 25.9 Å². The first-order valence-electron chi connectivity index (χ1n) is 12.4. The van der Waals surface area contributed by atoms with E-state index < -0.39 is 5.41 Å². The molecule has 2 amide bonds. The molecule has 2 atom stereocenters. The lowest BCUT2D eigenvalue weighted by Gasteiger charge is -2.58. The fourth-order valence-corrected chi connectivity index (χ4v) is 5.57. The molecule has 2 fully saturated rings. The molecule has 4 rings (SSSR count). The number of piperidine rings is 1. The second-order valence-electron chi connectivity index (χ2n) is 9.36. The largest absolute Gasteiger partial charge is 0.341 e. The van der Waals surface area contributed by atoms with Crippen molar-refractivity contribution in [1.29, 1.82) is 0 Å². The van der Waals surface area contributed by atoms with Crippen LogP contribution >= 0.6 is 0 Å². The maximum atomic E-state index is 13.6. The molecular formula is C27H36N4O2. The van der Waals surface area contributed by atoms with Crippen LogP contribution in [0.4, 0.5) is 5.69 Å².